The van der Waals surface area contributed by atoms with Gasteiger partial charge >= 0.3 is 0 Å². The molecular weight excluding hydrogens is 379 g/mol. The van der Waals surface area contributed by atoms with Crippen LogP contribution in [0.1, 0.15) is 0 Å². The zero-order valence-corrected chi connectivity index (χ0v) is 15.8. The largest absolute Gasteiger partial charge is 0.376 e. The van der Waals surface area contributed by atoms with Crippen LogP contribution in [0.4, 0.5) is 21.5 Å². The number of aromatic amines is 1. The van der Waals surface area contributed by atoms with E-state index in [4.69, 9.17) is 18.0 Å². The summed E-state index contributed by atoms with van der Waals surface area (Å²) < 4.78 is 13.2. The molecule has 0 atom stereocenters. The summed E-state index contributed by atoms with van der Waals surface area (Å²) in [5.74, 6) is -0.238. The summed E-state index contributed by atoms with van der Waals surface area (Å²) in [4.78, 5) is 23.0. The molecule has 0 spiro atoms. The predicted molar refractivity (Wildman–Crippen MR) is 114 cm³/mol. The Bertz CT molecular complexity index is 1080. The smallest absolute Gasteiger partial charge is 0.266 e. The summed E-state index contributed by atoms with van der Waals surface area (Å²) in [6, 6.07) is 10.2. The number of hydrogen-bond donors (Lipinski definition) is 3. The Morgan fingerprint density at radius 3 is 2.50 bits per heavy atom. The van der Waals surface area contributed by atoms with E-state index in [-0.39, 0.29) is 16.5 Å². The number of anilines is 3. The molecular formula is C19H19FN6OS. The molecule has 0 radical (unpaired) electrons. The minimum absolute atomic E-state index is 0.150. The normalized spacial score (nSPS) is 14.3. The van der Waals surface area contributed by atoms with Gasteiger partial charge in [-0.1, -0.05) is 0 Å². The number of H-pyrrole nitrogens is 1. The first-order chi connectivity index (χ1) is 13.5. The molecule has 7 nitrogen and oxygen atoms in total. The number of fused-ring (bicyclic) bond motifs is 1. The lowest BCUT2D eigenvalue weighted by Gasteiger charge is -2.38. The van der Waals surface area contributed by atoms with Crippen LogP contribution in [-0.2, 0) is 0 Å². The summed E-state index contributed by atoms with van der Waals surface area (Å²) in [7, 11) is 0. The monoisotopic (exact) mass is 398 g/mol. The van der Waals surface area contributed by atoms with E-state index in [1.807, 2.05) is 6.07 Å². The maximum atomic E-state index is 13.2. The number of halogens is 1. The molecule has 0 unspecified atom stereocenters. The molecule has 144 valence electrons. The summed E-state index contributed by atoms with van der Waals surface area (Å²) in [5.41, 5.74) is 9.35. The molecule has 2 heterocycles. The van der Waals surface area contributed by atoms with E-state index in [0.29, 0.717) is 11.0 Å². The Morgan fingerprint density at radius 1 is 1.14 bits per heavy atom. The summed E-state index contributed by atoms with van der Waals surface area (Å²) in [6.45, 7) is 3.10. The van der Waals surface area contributed by atoms with Crippen LogP contribution in [-0.4, -0.2) is 41.3 Å². The van der Waals surface area contributed by atoms with Crippen molar-refractivity contribution >= 4 is 45.4 Å². The highest BCUT2D eigenvalue weighted by Gasteiger charge is 2.21. The third-order valence-electron chi connectivity index (χ3n) is 4.76. The minimum Gasteiger partial charge on any atom is -0.376 e. The zero-order chi connectivity index (χ0) is 19.7. The Morgan fingerprint density at radius 2 is 1.82 bits per heavy atom. The zero-order valence-electron chi connectivity index (χ0n) is 15.0. The Kier molecular flexibility index (Phi) is 4.82. The summed E-state index contributed by atoms with van der Waals surface area (Å²) >= 11 is 5.00. The number of thiocarbonyl (C=S) groups is 1. The van der Waals surface area contributed by atoms with Gasteiger partial charge in [0.15, 0.2) is 5.11 Å². The van der Waals surface area contributed by atoms with Crippen LogP contribution < -0.4 is 26.4 Å². The third kappa shape index (κ3) is 3.74. The lowest BCUT2D eigenvalue weighted by molar-refractivity contribution is 0.625. The van der Waals surface area contributed by atoms with Gasteiger partial charge in [0.2, 0.25) is 0 Å². The van der Waals surface area contributed by atoms with Crippen molar-refractivity contribution in [1.82, 2.24) is 9.97 Å². The van der Waals surface area contributed by atoms with E-state index >= 15 is 0 Å². The lowest BCUT2D eigenvalue weighted by atomic mass is 10.1. The van der Waals surface area contributed by atoms with E-state index in [1.54, 1.807) is 18.2 Å². The molecule has 1 aliphatic rings. The van der Waals surface area contributed by atoms with Crippen LogP contribution in [0.5, 0.6) is 0 Å². The fourth-order valence-corrected chi connectivity index (χ4v) is 3.54. The molecule has 0 bridgehead atoms. The van der Waals surface area contributed by atoms with Crippen molar-refractivity contribution in [2.45, 2.75) is 0 Å². The second-order valence-corrected chi connectivity index (χ2v) is 7.01. The first-order valence-electron chi connectivity index (χ1n) is 8.84. The number of aromatic nitrogens is 2. The second-order valence-electron chi connectivity index (χ2n) is 6.57. The number of benzene rings is 2. The van der Waals surface area contributed by atoms with Gasteiger partial charge in [-0.15, -0.1) is 0 Å². The van der Waals surface area contributed by atoms with Gasteiger partial charge in [0.05, 0.1) is 28.6 Å². The van der Waals surface area contributed by atoms with E-state index in [0.717, 1.165) is 43.2 Å². The molecule has 1 aliphatic heterocycles. The highest BCUT2D eigenvalue weighted by molar-refractivity contribution is 7.80. The Hall–Kier alpha value is -3.20. The molecule has 1 saturated heterocycles. The fraction of sp³-hybridized carbons (Fsp3) is 0.211. The molecule has 0 saturated carbocycles. The van der Waals surface area contributed by atoms with Crippen LogP contribution in [0, 0.1) is 5.82 Å². The number of nitrogens with zero attached hydrogens (tertiary/aromatic N) is 3. The minimum atomic E-state index is -0.269. The molecule has 0 amide bonds. The molecule has 4 N–H and O–H groups in total. The quantitative estimate of drug-likeness (QED) is 0.582. The van der Waals surface area contributed by atoms with E-state index in [2.05, 4.69) is 25.1 Å². The van der Waals surface area contributed by atoms with Gasteiger partial charge in [-0.05, 0) is 48.6 Å². The van der Waals surface area contributed by atoms with Crippen molar-refractivity contribution in [3.05, 3.63) is 58.8 Å². The highest BCUT2D eigenvalue weighted by Crippen LogP contribution is 2.31. The molecule has 1 fully saturated rings. The van der Waals surface area contributed by atoms with Crippen LogP contribution in [0.15, 0.2) is 47.4 Å². The van der Waals surface area contributed by atoms with Crippen molar-refractivity contribution in [3.8, 4) is 0 Å². The van der Waals surface area contributed by atoms with Gasteiger partial charge in [-0.3, -0.25) is 4.79 Å². The number of nitrogens with one attached hydrogen (secondary N) is 2. The van der Waals surface area contributed by atoms with Crippen molar-refractivity contribution in [2.75, 3.05) is 41.3 Å². The summed E-state index contributed by atoms with van der Waals surface area (Å²) in [5, 5.41) is 3.14. The van der Waals surface area contributed by atoms with Crippen molar-refractivity contribution in [1.29, 1.82) is 0 Å². The molecule has 4 rings (SSSR count). The van der Waals surface area contributed by atoms with E-state index in [1.165, 1.54) is 18.3 Å². The molecule has 3 aromatic rings. The summed E-state index contributed by atoms with van der Waals surface area (Å²) in [6.07, 6.45) is 1.26. The average Bonchev–Trinajstić information content (AvgIpc) is 2.68. The lowest BCUT2D eigenvalue weighted by Crippen LogP contribution is -2.46. The van der Waals surface area contributed by atoms with E-state index < -0.39 is 0 Å². The van der Waals surface area contributed by atoms with Gasteiger partial charge < -0.3 is 25.8 Å². The maximum absolute atomic E-state index is 13.2. The number of rotatable bonds is 3. The number of piperazine rings is 1. The topological polar surface area (TPSA) is 90.3 Å². The van der Waals surface area contributed by atoms with Crippen molar-refractivity contribution in [2.24, 2.45) is 5.73 Å². The standard InChI is InChI=1S/C19H19FN6OS/c20-12-1-3-13(4-2-12)25-5-7-26(8-6-25)17-10-14-15(23-18(27)11-22-14)9-16(17)24-19(21)28/h1-4,9-11H,5-8H2,(H,23,27)(H3,21,24,28). The maximum Gasteiger partial charge on any atom is 0.266 e. The van der Waals surface area contributed by atoms with Crippen LogP contribution in [0.3, 0.4) is 0 Å². The van der Waals surface area contributed by atoms with Gasteiger partial charge in [0.1, 0.15) is 5.82 Å². The van der Waals surface area contributed by atoms with Crippen LogP contribution >= 0.6 is 12.2 Å². The number of hydrogen-bond acceptors (Lipinski definition) is 5. The first kappa shape index (κ1) is 18.2. The second kappa shape index (κ2) is 7.43. The van der Waals surface area contributed by atoms with Gasteiger partial charge in [-0.25, -0.2) is 9.37 Å². The molecule has 28 heavy (non-hydrogen) atoms. The average molecular weight is 398 g/mol. The van der Waals surface area contributed by atoms with Crippen molar-refractivity contribution in [3.63, 3.8) is 0 Å². The van der Waals surface area contributed by atoms with Gasteiger partial charge in [0, 0.05) is 31.9 Å². The van der Waals surface area contributed by atoms with Gasteiger partial charge in [0.25, 0.3) is 5.56 Å². The molecule has 0 aliphatic carbocycles. The fourth-order valence-electron chi connectivity index (χ4n) is 3.43. The SMILES string of the molecule is NC(=S)Nc1cc2[nH]c(=O)cnc2cc1N1CCN(c2ccc(F)cc2)CC1. The van der Waals surface area contributed by atoms with Gasteiger partial charge in [-0.2, -0.15) is 0 Å². The van der Waals surface area contributed by atoms with Crippen LogP contribution in [0.2, 0.25) is 0 Å². The molecule has 2 aromatic carbocycles. The van der Waals surface area contributed by atoms with E-state index in [9.17, 15) is 9.18 Å². The predicted octanol–water partition coefficient (Wildman–Crippen LogP) is 2.04. The Labute approximate surface area is 166 Å². The van der Waals surface area contributed by atoms with Crippen molar-refractivity contribution < 1.29 is 4.39 Å². The molecule has 1 aromatic heterocycles. The number of nitrogens with two attached hydrogens (primary N) is 1. The van der Waals surface area contributed by atoms with Crippen LogP contribution in [0.25, 0.3) is 11.0 Å². The molecule has 9 heteroatoms. The Balaban J connectivity index is 1.61. The first-order valence-corrected chi connectivity index (χ1v) is 9.25. The third-order valence-corrected chi connectivity index (χ3v) is 4.86. The highest BCUT2D eigenvalue weighted by atomic mass is 32.1.